The summed E-state index contributed by atoms with van der Waals surface area (Å²) in [5.41, 5.74) is 2.58. The van der Waals surface area contributed by atoms with Gasteiger partial charge in [-0.15, -0.1) is 0 Å². The van der Waals surface area contributed by atoms with Gasteiger partial charge in [0.05, 0.1) is 0 Å². The first kappa shape index (κ1) is 16.2. The normalized spacial score (nSPS) is 10.4. The van der Waals surface area contributed by atoms with E-state index in [1.807, 2.05) is 24.3 Å². The van der Waals surface area contributed by atoms with Gasteiger partial charge in [-0.2, -0.15) is 0 Å². The number of carbonyl (C=O) groups excluding carboxylic acids is 1. The van der Waals surface area contributed by atoms with E-state index in [2.05, 4.69) is 47.0 Å². The van der Waals surface area contributed by atoms with Gasteiger partial charge in [-0.3, -0.25) is 4.79 Å². The van der Waals surface area contributed by atoms with E-state index in [1.165, 1.54) is 11.1 Å². The number of rotatable bonds is 9. The predicted octanol–water partition coefficient (Wildman–Crippen LogP) is 2.57. The summed E-state index contributed by atoms with van der Waals surface area (Å²) in [4.78, 5) is 11.7. The highest BCUT2D eigenvalue weighted by Gasteiger charge is 2.00. The quantitative estimate of drug-likeness (QED) is 0.698. The molecular formula is C19H24N2O. The van der Waals surface area contributed by atoms with Crippen LogP contribution in [0.25, 0.3) is 0 Å². The molecule has 0 radical (unpaired) electrons. The molecular weight excluding hydrogens is 272 g/mol. The second kappa shape index (κ2) is 9.74. The van der Waals surface area contributed by atoms with Crippen molar-refractivity contribution < 1.29 is 4.79 Å². The molecule has 3 nitrogen and oxygen atoms in total. The van der Waals surface area contributed by atoms with Crippen molar-refractivity contribution in [3.63, 3.8) is 0 Å². The fourth-order valence-electron chi connectivity index (χ4n) is 2.28. The Morgan fingerprint density at radius 1 is 0.727 bits per heavy atom. The molecule has 0 spiro atoms. The lowest BCUT2D eigenvalue weighted by Crippen LogP contribution is -2.29. The second-order valence-corrected chi connectivity index (χ2v) is 5.32. The number of carbonyl (C=O) groups is 1. The van der Waals surface area contributed by atoms with E-state index in [-0.39, 0.29) is 5.91 Å². The summed E-state index contributed by atoms with van der Waals surface area (Å²) in [5, 5.41) is 6.27. The molecule has 0 saturated carbocycles. The van der Waals surface area contributed by atoms with Crippen molar-refractivity contribution in [3.8, 4) is 0 Å². The van der Waals surface area contributed by atoms with Crippen LogP contribution in [-0.4, -0.2) is 25.5 Å². The maximum Gasteiger partial charge on any atom is 0.221 e. The highest BCUT2D eigenvalue weighted by atomic mass is 16.1. The number of benzene rings is 2. The van der Waals surface area contributed by atoms with Crippen LogP contribution in [0.3, 0.4) is 0 Å². The number of hydrogen-bond acceptors (Lipinski definition) is 2. The number of nitrogens with one attached hydrogen (secondary N) is 2. The van der Waals surface area contributed by atoms with Gasteiger partial charge in [0.2, 0.25) is 5.91 Å². The summed E-state index contributed by atoms with van der Waals surface area (Å²) in [6, 6.07) is 20.6. The SMILES string of the molecule is O=C(CCNCCc1ccccc1)NCCc1ccccc1. The van der Waals surface area contributed by atoms with E-state index in [1.54, 1.807) is 0 Å². The molecule has 3 heteroatoms. The maximum atomic E-state index is 11.7. The zero-order valence-corrected chi connectivity index (χ0v) is 12.9. The lowest BCUT2D eigenvalue weighted by molar-refractivity contribution is -0.120. The summed E-state index contributed by atoms with van der Waals surface area (Å²) < 4.78 is 0. The highest BCUT2D eigenvalue weighted by molar-refractivity contribution is 5.76. The molecule has 0 bridgehead atoms. The summed E-state index contributed by atoms with van der Waals surface area (Å²) in [5.74, 6) is 0.114. The molecule has 0 heterocycles. The Morgan fingerprint density at radius 3 is 1.86 bits per heavy atom. The Bertz CT molecular complexity index is 540. The van der Waals surface area contributed by atoms with Crippen LogP contribution in [0.4, 0.5) is 0 Å². The van der Waals surface area contributed by atoms with Crippen molar-refractivity contribution in [1.82, 2.24) is 10.6 Å². The zero-order chi connectivity index (χ0) is 15.5. The van der Waals surface area contributed by atoms with Crippen LogP contribution in [0.5, 0.6) is 0 Å². The average molecular weight is 296 g/mol. The van der Waals surface area contributed by atoms with Crippen molar-refractivity contribution >= 4 is 5.91 Å². The molecule has 0 aliphatic heterocycles. The van der Waals surface area contributed by atoms with Crippen molar-refractivity contribution in [2.24, 2.45) is 0 Å². The summed E-state index contributed by atoms with van der Waals surface area (Å²) in [6.07, 6.45) is 2.41. The number of hydrogen-bond donors (Lipinski definition) is 2. The lowest BCUT2D eigenvalue weighted by Gasteiger charge is -2.07. The van der Waals surface area contributed by atoms with E-state index in [0.717, 1.165) is 25.9 Å². The van der Waals surface area contributed by atoms with Gasteiger partial charge in [0.25, 0.3) is 0 Å². The van der Waals surface area contributed by atoms with Gasteiger partial charge in [0.15, 0.2) is 0 Å². The molecule has 0 atom stereocenters. The molecule has 0 saturated heterocycles. The number of amides is 1. The summed E-state index contributed by atoms with van der Waals surface area (Å²) >= 11 is 0. The van der Waals surface area contributed by atoms with E-state index in [4.69, 9.17) is 0 Å². The van der Waals surface area contributed by atoms with Gasteiger partial charge in [-0.05, 0) is 30.5 Å². The monoisotopic (exact) mass is 296 g/mol. The van der Waals surface area contributed by atoms with Crippen LogP contribution in [0.2, 0.25) is 0 Å². The molecule has 0 aliphatic rings. The van der Waals surface area contributed by atoms with Crippen LogP contribution in [-0.2, 0) is 17.6 Å². The molecule has 22 heavy (non-hydrogen) atoms. The Balaban J connectivity index is 1.49. The van der Waals surface area contributed by atoms with Crippen LogP contribution >= 0.6 is 0 Å². The van der Waals surface area contributed by atoms with Crippen LogP contribution in [0.15, 0.2) is 60.7 Å². The van der Waals surface area contributed by atoms with Gasteiger partial charge < -0.3 is 10.6 Å². The molecule has 0 aromatic heterocycles. The molecule has 0 aliphatic carbocycles. The summed E-state index contributed by atoms with van der Waals surface area (Å²) in [7, 11) is 0. The summed E-state index contributed by atoms with van der Waals surface area (Å²) in [6.45, 7) is 2.33. The molecule has 2 aromatic rings. The van der Waals surface area contributed by atoms with Crippen molar-refractivity contribution in [3.05, 3.63) is 71.8 Å². The highest BCUT2D eigenvalue weighted by Crippen LogP contribution is 1.99. The third-order valence-electron chi connectivity index (χ3n) is 3.54. The van der Waals surface area contributed by atoms with E-state index in [9.17, 15) is 4.79 Å². The predicted molar refractivity (Wildman–Crippen MR) is 90.8 cm³/mol. The molecule has 0 fully saturated rings. The fraction of sp³-hybridized carbons (Fsp3) is 0.316. The molecule has 2 aromatic carbocycles. The maximum absolute atomic E-state index is 11.7. The van der Waals surface area contributed by atoms with Gasteiger partial charge in [-0.25, -0.2) is 0 Å². The Morgan fingerprint density at radius 2 is 1.27 bits per heavy atom. The smallest absolute Gasteiger partial charge is 0.221 e. The minimum absolute atomic E-state index is 0.114. The molecule has 116 valence electrons. The average Bonchev–Trinajstić information content (AvgIpc) is 2.56. The Hall–Kier alpha value is -2.13. The first-order valence-corrected chi connectivity index (χ1v) is 7.90. The zero-order valence-electron chi connectivity index (χ0n) is 12.9. The van der Waals surface area contributed by atoms with E-state index in [0.29, 0.717) is 13.0 Å². The minimum atomic E-state index is 0.114. The Kier molecular flexibility index (Phi) is 7.19. The third-order valence-corrected chi connectivity index (χ3v) is 3.54. The first-order valence-electron chi connectivity index (χ1n) is 7.90. The molecule has 1 amide bonds. The Labute approximate surface area is 132 Å². The second-order valence-electron chi connectivity index (χ2n) is 5.32. The van der Waals surface area contributed by atoms with Crippen molar-refractivity contribution in [1.29, 1.82) is 0 Å². The van der Waals surface area contributed by atoms with Crippen LogP contribution in [0, 0.1) is 0 Å². The largest absolute Gasteiger partial charge is 0.356 e. The topological polar surface area (TPSA) is 41.1 Å². The molecule has 2 rings (SSSR count). The van der Waals surface area contributed by atoms with Crippen molar-refractivity contribution in [2.75, 3.05) is 19.6 Å². The molecule has 2 N–H and O–H groups in total. The lowest BCUT2D eigenvalue weighted by atomic mass is 10.1. The van der Waals surface area contributed by atoms with E-state index < -0.39 is 0 Å². The van der Waals surface area contributed by atoms with Crippen LogP contribution < -0.4 is 10.6 Å². The van der Waals surface area contributed by atoms with Crippen molar-refractivity contribution in [2.45, 2.75) is 19.3 Å². The minimum Gasteiger partial charge on any atom is -0.356 e. The first-order chi connectivity index (χ1) is 10.8. The fourth-order valence-corrected chi connectivity index (χ4v) is 2.28. The third kappa shape index (κ3) is 6.55. The van der Waals surface area contributed by atoms with E-state index >= 15 is 0 Å². The van der Waals surface area contributed by atoms with Gasteiger partial charge in [0, 0.05) is 19.5 Å². The van der Waals surface area contributed by atoms with Gasteiger partial charge in [0.1, 0.15) is 0 Å². The van der Waals surface area contributed by atoms with Gasteiger partial charge in [-0.1, -0.05) is 60.7 Å². The standard InChI is InChI=1S/C19H24N2O/c22-19(21-16-12-18-9-5-2-6-10-18)13-15-20-14-11-17-7-3-1-4-8-17/h1-10,20H,11-16H2,(H,21,22). The van der Waals surface area contributed by atoms with Gasteiger partial charge >= 0.3 is 0 Å². The van der Waals surface area contributed by atoms with Crippen LogP contribution in [0.1, 0.15) is 17.5 Å². The molecule has 0 unspecified atom stereocenters.